The summed E-state index contributed by atoms with van der Waals surface area (Å²) in [6.45, 7) is 1.65. The van der Waals surface area contributed by atoms with Crippen molar-refractivity contribution in [1.82, 2.24) is 5.32 Å². The minimum Gasteiger partial charge on any atom is -0.369 e. The number of rotatable bonds is 4. The summed E-state index contributed by atoms with van der Waals surface area (Å²) in [5.41, 5.74) is 6.94. The van der Waals surface area contributed by atoms with Crippen LogP contribution in [0.4, 0.5) is 10.1 Å². The fourth-order valence-corrected chi connectivity index (χ4v) is 3.85. The van der Waals surface area contributed by atoms with E-state index in [2.05, 4.69) is 10.2 Å². The molecule has 1 saturated carbocycles. The number of carbonyl (C=O) groups is 1. The second-order valence-electron chi connectivity index (χ2n) is 6.89. The van der Waals surface area contributed by atoms with Crippen molar-refractivity contribution in [3.05, 3.63) is 30.1 Å². The van der Waals surface area contributed by atoms with Gasteiger partial charge in [-0.3, -0.25) is 4.79 Å². The number of piperidine rings is 1. The van der Waals surface area contributed by atoms with Crippen LogP contribution in [0.1, 0.15) is 38.5 Å². The van der Waals surface area contributed by atoms with Gasteiger partial charge in [0.25, 0.3) is 0 Å². The Labute approximate surface area is 137 Å². The highest BCUT2D eigenvalue weighted by Gasteiger charge is 2.28. The first-order chi connectivity index (χ1) is 11.1. The molecule has 1 amide bonds. The molecule has 3 rings (SSSR count). The van der Waals surface area contributed by atoms with Crippen molar-refractivity contribution in [3.63, 3.8) is 0 Å². The third-order valence-corrected chi connectivity index (χ3v) is 5.13. The van der Waals surface area contributed by atoms with Gasteiger partial charge in [0.2, 0.25) is 5.91 Å². The Morgan fingerprint density at radius 2 is 2.17 bits per heavy atom. The Kier molecular flexibility index (Phi) is 5.16. The van der Waals surface area contributed by atoms with E-state index in [4.69, 9.17) is 5.73 Å². The van der Waals surface area contributed by atoms with Crippen molar-refractivity contribution in [2.24, 2.45) is 11.7 Å². The van der Waals surface area contributed by atoms with Crippen molar-refractivity contribution in [1.29, 1.82) is 0 Å². The molecule has 1 aliphatic heterocycles. The van der Waals surface area contributed by atoms with Gasteiger partial charge in [-0.2, -0.15) is 0 Å². The summed E-state index contributed by atoms with van der Waals surface area (Å²) in [4.78, 5) is 14.4. The van der Waals surface area contributed by atoms with Crippen LogP contribution in [0, 0.1) is 11.7 Å². The van der Waals surface area contributed by atoms with Gasteiger partial charge < -0.3 is 16.0 Å². The standard InChI is InChI=1S/C18H26FN3O/c19-14-5-2-7-16(11-14)22-9-3-6-15(12-22)21-18(23)10-13-4-1-8-17(13)20/h2,5,7,11,13,15,17H,1,3-4,6,8-10,12,20H2,(H,21,23)/t13-,15?,17+/m0/s1. The number of carbonyl (C=O) groups excluding carboxylic acids is 1. The predicted molar refractivity (Wildman–Crippen MR) is 89.7 cm³/mol. The first-order valence-electron chi connectivity index (χ1n) is 8.67. The van der Waals surface area contributed by atoms with Gasteiger partial charge in [-0.1, -0.05) is 12.5 Å². The Hall–Kier alpha value is -1.62. The molecule has 1 aromatic carbocycles. The van der Waals surface area contributed by atoms with Crippen LogP contribution in [0.15, 0.2) is 24.3 Å². The van der Waals surface area contributed by atoms with Crippen molar-refractivity contribution in [2.75, 3.05) is 18.0 Å². The van der Waals surface area contributed by atoms with E-state index >= 15 is 0 Å². The lowest BCUT2D eigenvalue weighted by Crippen LogP contribution is -2.48. The Bertz CT molecular complexity index is 551. The van der Waals surface area contributed by atoms with Gasteiger partial charge in [-0.05, 0) is 49.8 Å². The maximum absolute atomic E-state index is 13.4. The first-order valence-corrected chi connectivity index (χ1v) is 8.67. The highest BCUT2D eigenvalue weighted by atomic mass is 19.1. The maximum atomic E-state index is 13.4. The molecule has 0 bridgehead atoms. The Balaban J connectivity index is 1.53. The van der Waals surface area contributed by atoms with E-state index in [1.54, 1.807) is 12.1 Å². The molecule has 3 N–H and O–H groups in total. The van der Waals surface area contributed by atoms with E-state index in [9.17, 15) is 9.18 Å². The molecule has 23 heavy (non-hydrogen) atoms. The molecule has 2 fully saturated rings. The minimum absolute atomic E-state index is 0.110. The van der Waals surface area contributed by atoms with Crippen molar-refractivity contribution >= 4 is 11.6 Å². The normalized spacial score (nSPS) is 27.9. The fraction of sp³-hybridized carbons (Fsp3) is 0.611. The summed E-state index contributed by atoms with van der Waals surface area (Å²) in [6, 6.07) is 6.98. The molecule has 4 nitrogen and oxygen atoms in total. The van der Waals surface area contributed by atoms with Crippen molar-refractivity contribution < 1.29 is 9.18 Å². The van der Waals surface area contributed by atoms with Crippen LogP contribution in [0.2, 0.25) is 0 Å². The van der Waals surface area contributed by atoms with Crippen LogP contribution >= 0.6 is 0 Å². The lowest BCUT2D eigenvalue weighted by molar-refractivity contribution is -0.122. The number of hydrogen-bond donors (Lipinski definition) is 2. The van der Waals surface area contributed by atoms with Gasteiger partial charge >= 0.3 is 0 Å². The molecule has 1 saturated heterocycles. The zero-order chi connectivity index (χ0) is 16.2. The molecule has 0 aromatic heterocycles. The zero-order valence-electron chi connectivity index (χ0n) is 13.5. The summed E-state index contributed by atoms with van der Waals surface area (Å²) >= 11 is 0. The number of nitrogens with one attached hydrogen (secondary N) is 1. The first kappa shape index (κ1) is 16.2. The van der Waals surface area contributed by atoms with Crippen molar-refractivity contribution in [3.8, 4) is 0 Å². The molecule has 0 spiro atoms. The quantitative estimate of drug-likeness (QED) is 0.896. The number of halogens is 1. The second-order valence-corrected chi connectivity index (χ2v) is 6.89. The summed E-state index contributed by atoms with van der Waals surface area (Å²) in [7, 11) is 0. The predicted octanol–water partition coefficient (Wildman–Crippen LogP) is 2.43. The van der Waals surface area contributed by atoms with E-state index in [-0.39, 0.29) is 23.8 Å². The SMILES string of the molecule is N[C@@H]1CCC[C@H]1CC(=O)NC1CCCN(c2cccc(F)c2)C1. The number of amides is 1. The molecule has 1 aromatic rings. The van der Waals surface area contributed by atoms with E-state index in [0.29, 0.717) is 12.3 Å². The molecule has 1 heterocycles. The largest absolute Gasteiger partial charge is 0.369 e. The maximum Gasteiger partial charge on any atom is 0.220 e. The van der Waals surface area contributed by atoms with Crippen LogP contribution in [0.25, 0.3) is 0 Å². The van der Waals surface area contributed by atoms with E-state index in [1.807, 2.05) is 6.07 Å². The number of hydrogen-bond acceptors (Lipinski definition) is 3. The summed E-state index contributed by atoms with van der Waals surface area (Å²) in [5.74, 6) is 0.222. The van der Waals surface area contributed by atoms with Crippen LogP contribution in [0.3, 0.4) is 0 Å². The van der Waals surface area contributed by atoms with Gasteiger partial charge in [0, 0.05) is 37.3 Å². The molecule has 1 unspecified atom stereocenters. The summed E-state index contributed by atoms with van der Waals surface area (Å²) in [5, 5.41) is 3.15. The molecule has 3 atom stereocenters. The number of nitrogens with zero attached hydrogens (tertiary/aromatic N) is 1. The second kappa shape index (κ2) is 7.30. The van der Waals surface area contributed by atoms with Crippen LogP contribution < -0.4 is 16.0 Å². The average Bonchev–Trinajstić information content (AvgIpc) is 2.92. The molecule has 1 aliphatic carbocycles. The van der Waals surface area contributed by atoms with E-state index in [1.165, 1.54) is 6.07 Å². The lowest BCUT2D eigenvalue weighted by atomic mass is 9.99. The molecule has 2 aliphatic rings. The average molecular weight is 319 g/mol. The van der Waals surface area contributed by atoms with E-state index < -0.39 is 0 Å². The highest BCUT2D eigenvalue weighted by Crippen LogP contribution is 2.27. The number of benzene rings is 1. The van der Waals surface area contributed by atoms with E-state index in [0.717, 1.165) is 50.9 Å². The molecular formula is C18H26FN3O. The Morgan fingerprint density at radius 1 is 1.30 bits per heavy atom. The molecule has 5 heteroatoms. The highest BCUT2D eigenvalue weighted by molar-refractivity contribution is 5.76. The van der Waals surface area contributed by atoms with Crippen LogP contribution in [-0.2, 0) is 4.79 Å². The molecule has 0 radical (unpaired) electrons. The Morgan fingerprint density at radius 3 is 2.91 bits per heavy atom. The lowest BCUT2D eigenvalue weighted by Gasteiger charge is -2.35. The van der Waals surface area contributed by atoms with Gasteiger partial charge in [0.05, 0.1) is 0 Å². The van der Waals surface area contributed by atoms with Crippen LogP contribution in [0.5, 0.6) is 0 Å². The number of anilines is 1. The number of nitrogens with two attached hydrogens (primary N) is 1. The fourth-order valence-electron chi connectivity index (χ4n) is 3.85. The topological polar surface area (TPSA) is 58.4 Å². The summed E-state index contributed by atoms with van der Waals surface area (Å²) in [6.07, 6.45) is 5.76. The van der Waals surface area contributed by atoms with Gasteiger partial charge in [-0.25, -0.2) is 4.39 Å². The smallest absolute Gasteiger partial charge is 0.220 e. The van der Waals surface area contributed by atoms with Crippen LogP contribution in [-0.4, -0.2) is 31.1 Å². The third-order valence-electron chi connectivity index (χ3n) is 5.13. The molecule has 126 valence electrons. The molecular weight excluding hydrogens is 293 g/mol. The van der Waals surface area contributed by atoms with Gasteiger partial charge in [-0.15, -0.1) is 0 Å². The summed E-state index contributed by atoms with van der Waals surface area (Å²) < 4.78 is 13.4. The minimum atomic E-state index is -0.219. The monoisotopic (exact) mass is 319 g/mol. The van der Waals surface area contributed by atoms with Gasteiger partial charge in [0.1, 0.15) is 5.82 Å². The van der Waals surface area contributed by atoms with Gasteiger partial charge in [0.15, 0.2) is 0 Å². The zero-order valence-corrected chi connectivity index (χ0v) is 13.5. The van der Waals surface area contributed by atoms with Crippen molar-refractivity contribution in [2.45, 2.75) is 50.6 Å². The third kappa shape index (κ3) is 4.22.